The summed E-state index contributed by atoms with van der Waals surface area (Å²) in [5, 5.41) is 9.28. The van der Waals surface area contributed by atoms with E-state index in [9.17, 15) is 9.90 Å². The molecule has 0 fully saturated rings. The zero-order valence-corrected chi connectivity index (χ0v) is 11.0. The molecule has 1 aromatic carbocycles. The van der Waals surface area contributed by atoms with E-state index in [2.05, 4.69) is 4.98 Å². The van der Waals surface area contributed by atoms with Crippen LogP contribution in [0.2, 0.25) is 0 Å². The number of carboxylic acid groups (broad SMARTS) is 1. The molecule has 5 nitrogen and oxygen atoms in total. The van der Waals surface area contributed by atoms with Crippen LogP contribution in [0.4, 0.5) is 0 Å². The number of carbonyl (C=O) groups is 1. The van der Waals surface area contributed by atoms with Crippen molar-refractivity contribution < 1.29 is 19.4 Å². The van der Waals surface area contributed by atoms with Gasteiger partial charge in [0.15, 0.2) is 0 Å². The standard InChI is InChI=1S/C15H15NO4/c1-19-12-3-2-4-13(9-12)20-10-14(15(17)18)11-5-7-16-8-6-11/h2-9,14H,10H2,1H3,(H,17,18). The summed E-state index contributed by atoms with van der Waals surface area (Å²) in [5.74, 6) is -0.425. The summed E-state index contributed by atoms with van der Waals surface area (Å²) in [6.45, 7) is 0.0481. The Bertz CT molecular complexity index is 571. The highest BCUT2D eigenvalue weighted by Crippen LogP contribution is 2.22. The maximum Gasteiger partial charge on any atom is 0.314 e. The van der Waals surface area contributed by atoms with Gasteiger partial charge in [-0.3, -0.25) is 9.78 Å². The van der Waals surface area contributed by atoms with E-state index in [0.717, 1.165) is 0 Å². The number of hydrogen-bond acceptors (Lipinski definition) is 4. The van der Waals surface area contributed by atoms with Crippen molar-refractivity contribution >= 4 is 5.97 Å². The number of aromatic nitrogens is 1. The van der Waals surface area contributed by atoms with Crippen molar-refractivity contribution in [2.45, 2.75) is 5.92 Å². The predicted molar refractivity (Wildman–Crippen MR) is 73.1 cm³/mol. The van der Waals surface area contributed by atoms with Gasteiger partial charge in [-0.05, 0) is 29.8 Å². The lowest BCUT2D eigenvalue weighted by atomic mass is 10.0. The topological polar surface area (TPSA) is 68.7 Å². The number of aliphatic carboxylic acids is 1. The van der Waals surface area contributed by atoms with E-state index < -0.39 is 11.9 Å². The number of hydrogen-bond donors (Lipinski definition) is 1. The monoisotopic (exact) mass is 273 g/mol. The van der Waals surface area contributed by atoms with Crippen molar-refractivity contribution in [1.29, 1.82) is 0 Å². The molecule has 1 N–H and O–H groups in total. The third-order valence-corrected chi connectivity index (χ3v) is 2.86. The second kappa shape index (κ2) is 6.56. The molecule has 0 amide bonds. The molecule has 1 unspecified atom stereocenters. The fourth-order valence-corrected chi connectivity index (χ4v) is 1.78. The number of carboxylic acids is 1. The molecule has 0 aliphatic heterocycles. The summed E-state index contributed by atoms with van der Waals surface area (Å²) in [6, 6.07) is 10.4. The highest BCUT2D eigenvalue weighted by molar-refractivity contribution is 5.76. The first-order valence-electron chi connectivity index (χ1n) is 6.10. The fourth-order valence-electron chi connectivity index (χ4n) is 1.78. The molecule has 0 saturated heterocycles. The molecular formula is C15H15NO4. The first-order chi connectivity index (χ1) is 9.70. The Hall–Kier alpha value is -2.56. The molecule has 20 heavy (non-hydrogen) atoms. The summed E-state index contributed by atoms with van der Waals surface area (Å²) >= 11 is 0. The first kappa shape index (κ1) is 13.9. The van der Waals surface area contributed by atoms with E-state index >= 15 is 0 Å². The zero-order valence-electron chi connectivity index (χ0n) is 11.0. The highest BCUT2D eigenvalue weighted by atomic mass is 16.5. The average Bonchev–Trinajstić information content (AvgIpc) is 2.48. The van der Waals surface area contributed by atoms with E-state index in [-0.39, 0.29) is 6.61 Å². The highest BCUT2D eigenvalue weighted by Gasteiger charge is 2.20. The van der Waals surface area contributed by atoms with E-state index in [1.54, 1.807) is 55.9 Å². The lowest BCUT2D eigenvalue weighted by molar-refractivity contribution is -0.139. The SMILES string of the molecule is COc1cccc(OCC(C(=O)O)c2ccncc2)c1. The van der Waals surface area contributed by atoms with Gasteiger partial charge in [0.25, 0.3) is 0 Å². The van der Waals surface area contributed by atoms with E-state index in [0.29, 0.717) is 17.1 Å². The van der Waals surface area contributed by atoms with Crippen LogP contribution < -0.4 is 9.47 Å². The smallest absolute Gasteiger partial charge is 0.314 e. The van der Waals surface area contributed by atoms with Crippen LogP contribution >= 0.6 is 0 Å². The Morgan fingerprint density at radius 2 is 1.95 bits per heavy atom. The summed E-state index contributed by atoms with van der Waals surface area (Å²) in [7, 11) is 1.57. The van der Waals surface area contributed by atoms with E-state index in [1.807, 2.05) is 0 Å². The molecule has 2 rings (SSSR count). The molecular weight excluding hydrogens is 258 g/mol. The quantitative estimate of drug-likeness (QED) is 0.874. The average molecular weight is 273 g/mol. The van der Waals surface area contributed by atoms with Gasteiger partial charge < -0.3 is 14.6 Å². The normalized spacial score (nSPS) is 11.7. The minimum Gasteiger partial charge on any atom is -0.497 e. The zero-order chi connectivity index (χ0) is 14.4. The van der Waals surface area contributed by atoms with Gasteiger partial charge in [0, 0.05) is 18.5 Å². The van der Waals surface area contributed by atoms with Crippen LogP contribution in [0.25, 0.3) is 0 Å². The number of ether oxygens (including phenoxy) is 2. The lowest BCUT2D eigenvalue weighted by Crippen LogP contribution is -2.19. The third-order valence-electron chi connectivity index (χ3n) is 2.86. The second-order valence-electron chi connectivity index (χ2n) is 4.16. The van der Waals surface area contributed by atoms with Crippen LogP contribution in [0, 0.1) is 0 Å². The van der Waals surface area contributed by atoms with Crippen molar-refractivity contribution in [3.63, 3.8) is 0 Å². The molecule has 0 bridgehead atoms. The second-order valence-corrected chi connectivity index (χ2v) is 4.16. The predicted octanol–water partition coefficient (Wildman–Crippen LogP) is 2.34. The molecule has 0 radical (unpaired) electrons. The number of rotatable bonds is 6. The Morgan fingerprint density at radius 3 is 2.60 bits per heavy atom. The third kappa shape index (κ3) is 3.47. The largest absolute Gasteiger partial charge is 0.497 e. The fraction of sp³-hybridized carbons (Fsp3) is 0.200. The number of pyridine rings is 1. The molecule has 0 saturated carbocycles. The van der Waals surface area contributed by atoms with Crippen molar-refractivity contribution in [2.24, 2.45) is 0 Å². The van der Waals surface area contributed by atoms with Gasteiger partial charge in [-0.25, -0.2) is 0 Å². The van der Waals surface area contributed by atoms with Gasteiger partial charge in [-0.1, -0.05) is 6.07 Å². The number of benzene rings is 1. The molecule has 1 heterocycles. The molecule has 1 atom stereocenters. The van der Waals surface area contributed by atoms with E-state index in [1.165, 1.54) is 0 Å². The number of nitrogens with zero attached hydrogens (tertiary/aromatic N) is 1. The molecule has 0 aliphatic rings. The first-order valence-corrected chi connectivity index (χ1v) is 6.10. The van der Waals surface area contributed by atoms with Crippen molar-refractivity contribution in [1.82, 2.24) is 4.98 Å². The van der Waals surface area contributed by atoms with Crippen LogP contribution in [0.3, 0.4) is 0 Å². The maximum absolute atomic E-state index is 11.3. The number of methoxy groups -OCH3 is 1. The van der Waals surface area contributed by atoms with Gasteiger partial charge in [0.05, 0.1) is 7.11 Å². The Morgan fingerprint density at radius 1 is 1.25 bits per heavy atom. The Labute approximate surface area is 116 Å². The minimum absolute atomic E-state index is 0.0481. The van der Waals surface area contributed by atoms with Crippen LogP contribution in [0.15, 0.2) is 48.8 Å². The maximum atomic E-state index is 11.3. The van der Waals surface area contributed by atoms with Crippen molar-refractivity contribution in [3.05, 3.63) is 54.4 Å². The van der Waals surface area contributed by atoms with Crippen LogP contribution in [0.1, 0.15) is 11.5 Å². The molecule has 5 heteroatoms. The lowest BCUT2D eigenvalue weighted by Gasteiger charge is -2.14. The van der Waals surface area contributed by atoms with Crippen LogP contribution in [0.5, 0.6) is 11.5 Å². The van der Waals surface area contributed by atoms with Crippen molar-refractivity contribution in [3.8, 4) is 11.5 Å². The summed E-state index contributed by atoms with van der Waals surface area (Å²) in [4.78, 5) is 15.2. The summed E-state index contributed by atoms with van der Waals surface area (Å²) < 4.78 is 10.6. The molecule has 1 aromatic heterocycles. The van der Waals surface area contributed by atoms with Crippen LogP contribution in [-0.2, 0) is 4.79 Å². The molecule has 0 spiro atoms. The molecule has 104 valence electrons. The van der Waals surface area contributed by atoms with Gasteiger partial charge >= 0.3 is 5.97 Å². The van der Waals surface area contributed by atoms with E-state index in [4.69, 9.17) is 9.47 Å². The van der Waals surface area contributed by atoms with Crippen molar-refractivity contribution in [2.75, 3.05) is 13.7 Å². The van der Waals surface area contributed by atoms with Gasteiger partial charge in [-0.15, -0.1) is 0 Å². The van der Waals surface area contributed by atoms with Gasteiger partial charge in [0.1, 0.15) is 24.0 Å². The Balaban J connectivity index is 2.08. The van der Waals surface area contributed by atoms with Gasteiger partial charge in [0.2, 0.25) is 0 Å². The molecule has 2 aromatic rings. The Kier molecular flexibility index (Phi) is 4.55. The summed E-state index contributed by atoms with van der Waals surface area (Å²) in [5.41, 5.74) is 0.662. The minimum atomic E-state index is -0.931. The molecule has 0 aliphatic carbocycles. The summed E-state index contributed by atoms with van der Waals surface area (Å²) in [6.07, 6.45) is 3.13. The van der Waals surface area contributed by atoms with Crippen LogP contribution in [-0.4, -0.2) is 29.8 Å². The van der Waals surface area contributed by atoms with Gasteiger partial charge in [-0.2, -0.15) is 0 Å².